The molecule has 29 heavy (non-hydrogen) atoms. The van der Waals surface area contributed by atoms with E-state index in [-0.39, 0.29) is 17.3 Å². The second kappa shape index (κ2) is 9.26. The van der Waals surface area contributed by atoms with Crippen LogP contribution in [-0.2, 0) is 21.4 Å². The summed E-state index contributed by atoms with van der Waals surface area (Å²) in [5.74, 6) is -0.172. The van der Waals surface area contributed by atoms with Crippen molar-refractivity contribution in [2.75, 3.05) is 39.8 Å². The summed E-state index contributed by atoms with van der Waals surface area (Å²) in [5, 5.41) is 0.717. The first kappa shape index (κ1) is 21.8. The lowest BCUT2D eigenvalue weighted by molar-refractivity contribution is -0.133. The molecule has 1 aliphatic heterocycles. The molecule has 0 radical (unpaired) electrons. The van der Waals surface area contributed by atoms with Crippen LogP contribution in [-0.4, -0.2) is 68.2 Å². The van der Waals surface area contributed by atoms with Crippen LogP contribution in [0.5, 0.6) is 0 Å². The quantitative estimate of drug-likeness (QED) is 0.699. The number of hydrogen-bond acceptors (Lipinski definition) is 4. The van der Waals surface area contributed by atoms with Gasteiger partial charge in [0.1, 0.15) is 0 Å². The fraction of sp³-hybridized carbons (Fsp3) is 0.381. The van der Waals surface area contributed by atoms with Gasteiger partial charge in [-0.3, -0.25) is 9.69 Å². The molecule has 3 rings (SSSR count). The zero-order valence-electron chi connectivity index (χ0n) is 16.7. The number of likely N-dealkylation sites (N-methyl/N-ethyl adjacent to an activating group) is 1. The van der Waals surface area contributed by atoms with Gasteiger partial charge in [-0.1, -0.05) is 41.4 Å². The van der Waals surface area contributed by atoms with Gasteiger partial charge in [0, 0.05) is 44.8 Å². The molecule has 0 N–H and O–H groups in total. The first-order valence-electron chi connectivity index (χ1n) is 9.53. The van der Waals surface area contributed by atoms with Crippen LogP contribution in [0.3, 0.4) is 0 Å². The first-order chi connectivity index (χ1) is 13.8. The molecular weight excluding hydrogens is 410 g/mol. The molecule has 156 valence electrons. The molecule has 1 aliphatic rings. The third kappa shape index (κ3) is 5.57. The van der Waals surface area contributed by atoms with Gasteiger partial charge >= 0.3 is 0 Å². The average molecular weight is 436 g/mol. The van der Waals surface area contributed by atoms with E-state index in [0.29, 0.717) is 18.1 Å². The monoisotopic (exact) mass is 435 g/mol. The van der Waals surface area contributed by atoms with Crippen molar-refractivity contribution in [3.05, 3.63) is 64.7 Å². The number of nitrogens with zero attached hydrogens (tertiary/aromatic N) is 3. The highest BCUT2D eigenvalue weighted by Gasteiger charge is 2.27. The van der Waals surface area contributed by atoms with E-state index in [4.69, 9.17) is 11.6 Å². The molecule has 6 nitrogen and oxygen atoms in total. The van der Waals surface area contributed by atoms with E-state index in [1.165, 1.54) is 12.6 Å². The van der Waals surface area contributed by atoms with Gasteiger partial charge in [-0.2, -0.15) is 4.31 Å². The molecule has 0 unspecified atom stereocenters. The topological polar surface area (TPSA) is 60.9 Å². The van der Waals surface area contributed by atoms with Crippen LogP contribution in [0, 0.1) is 6.92 Å². The van der Waals surface area contributed by atoms with Gasteiger partial charge in [0.2, 0.25) is 15.9 Å². The largest absolute Gasteiger partial charge is 0.339 e. The van der Waals surface area contributed by atoms with Crippen molar-refractivity contribution in [1.82, 2.24) is 14.1 Å². The molecule has 0 aliphatic carbocycles. The third-order valence-electron chi connectivity index (χ3n) is 5.13. The lowest BCUT2D eigenvalue weighted by Gasteiger charge is -2.35. The standard InChI is InChI=1S/C21H26ClN3O3S/c1-17-3-9-20(10-4-17)29(27,28)23(2)16-21(26)25-13-11-24(12-14-25)15-18-5-7-19(22)8-6-18/h3-10H,11-16H2,1-2H3. The van der Waals surface area contributed by atoms with Crippen molar-refractivity contribution in [2.24, 2.45) is 0 Å². The zero-order valence-corrected chi connectivity index (χ0v) is 18.3. The van der Waals surface area contributed by atoms with Crippen molar-refractivity contribution in [3.8, 4) is 0 Å². The van der Waals surface area contributed by atoms with Crippen LogP contribution in [0.1, 0.15) is 11.1 Å². The van der Waals surface area contributed by atoms with Crippen molar-refractivity contribution >= 4 is 27.5 Å². The summed E-state index contributed by atoms with van der Waals surface area (Å²) in [6.07, 6.45) is 0. The summed E-state index contributed by atoms with van der Waals surface area (Å²) in [6.45, 7) is 5.23. The van der Waals surface area contributed by atoms with E-state index in [9.17, 15) is 13.2 Å². The fourth-order valence-electron chi connectivity index (χ4n) is 3.27. The molecule has 1 amide bonds. The molecule has 0 saturated carbocycles. The molecular formula is C21H26ClN3O3S. The fourth-order valence-corrected chi connectivity index (χ4v) is 4.52. The maximum absolute atomic E-state index is 12.7. The van der Waals surface area contributed by atoms with Gasteiger partial charge in [-0.15, -0.1) is 0 Å². The molecule has 8 heteroatoms. The minimum Gasteiger partial charge on any atom is -0.339 e. The highest BCUT2D eigenvalue weighted by molar-refractivity contribution is 7.89. The normalized spacial score (nSPS) is 15.7. The molecule has 1 fully saturated rings. The van der Waals surface area contributed by atoms with E-state index in [1.807, 2.05) is 31.2 Å². The van der Waals surface area contributed by atoms with Crippen molar-refractivity contribution in [3.63, 3.8) is 0 Å². The summed E-state index contributed by atoms with van der Waals surface area (Å²) in [7, 11) is -2.23. The number of sulfonamides is 1. The Morgan fingerprint density at radius 2 is 1.59 bits per heavy atom. The maximum Gasteiger partial charge on any atom is 0.243 e. The smallest absolute Gasteiger partial charge is 0.243 e. The molecule has 2 aromatic rings. The van der Waals surface area contributed by atoms with Gasteiger partial charge in [-0.25, -0.2) is 8.42 Å². The predicted molar refractivity (Wildman–Crippen MR) is 114 cm³/mol. The van der Waals surface area contributed by atoms with Gasteiger partial charge in [-0.05, 0) is 36.8 Å². The maximum atomic E-state index is 12.7. The van der Waals surface area contributed by atoms with Gasteiger partial charge in [0.15, 0.2) is 0 Å². The summed E-state index contributed by atoms with van der Waals surface area (Å²) in [4.78, 5) is 16.8. The predicted octanol–water partition coefficient (Wildman–Crippen LogP) is 2.61. The number of aryl methyl sites for hydroxylation is 1. The molecule has 1 saturated heterocycles. The summed E-state index contributed by atoms with van der Waals surface area (Å²) in [5.41, 5.74) is 2.16. The second-order valence-corrected chi connectivity index (χ2v) is 9.84. The number of benzene rings is 2. The van der Waals surface area contributed by atoms with E-state index >= 15 is 0 Å². The Morgan fingerprint density at radius 3 is 2.17 bits per heavy atom. The third-order valence-corrected chi connectivity index (χ3v) is 7.20. The summed E-state index contributed by atoms with van der Waals surface area (Å²) in [6, 6.07) is 14.4. The van der Waals surface area contributed by atoms with Gasteiger partial charge in [0.05, 0.1) is 11.4 Å². The lowest BCUT2D eigenvalue weighted by Crippen LogP contribution is -2.51. The Bertz CT molecular complexity index is 938. The minimum absolute atomic E-state index is 0.159. The molecule has 0 atom stereocenters. The van der Waals surface area contributed by atoms with E-state index in [0.717, 1.165) is 29.5 Å². The Hall–Kier alpha value is -1.93. The minimum atomic E-state index is -3.68. The molecule has 0 spiro atoms. The number of carbonyl (C=O) groups is 1. The van der Waals surface area contributed by atoms with Crippen LogP contribution < -0.4 is 0 Å². The summed E-state index contributed by atoms with van der Waals surface area (Å²) < 4.78 is 26.5. The van der Waals surface area contributed by atoms with Gasteiger partial charge in [0.25, 0.3) is 0 Å². The number of halogens is 1. The highest BCUT2D eigenvalue weighted by atomic mass is 35.5. The molecule has 0 aromatic heterocycles. The van der Waals surface area contributed by atoms with Crippen molar-refractivity contribution in [2.45, 2.75) is 18.4 Å². The van der Waals surface area contributed by atoms with Crippen molar-refractivity contribution < 1.29 is 13.2 Å². The van der Waals surface area contributed by atoms with Crippen LogP contribution in [0.15, 0.2) is 53.4 Å². The Labute approximate surface area is 177 Å². The SMILES string of the molecule is Cc1ccc(S(=O)(=O)N(C)CC(=O)N2CCN(Cc3ccc(Cl)cc3)CC2)cc1. The average Bonchev–Trinajstić information content (AvgIpc) is 2.70. The Kier molecular flexibility index (Phi) is 6.95. The van der Waals surface area contributed by atoms with Gasteiger partial charge < -0.3 is 4.90 Å². The van der Waals surface area contributed by atoms with Crippen LogP contribution in [0.4, 0.5) is 0 Å². The Balaban J connectivity index is 1.52. The van der Waals surface area contributed by atoms with E-state index in [1.54, 1.807) is 29.2 Å². The number of carbonyl (C=O) groups excluding carboxylic acids is 1. The second-order valence-electron chi connectivity index (χ2n) is 7.36. The number of amides is 1. The number of rotatable bonds is 6. The first-order valence-corrected chi connectivity index (χ1v) is 11.3. The molecule has 1 heterocycles. The highest BCUT2D eigenvalue weighted by Crippen LogP contribution is 2.16. The summed E-state index contributed by atoms with van der Waals surface area (Å²) >= 11 is 5.92. The number of piperazine rings is 1. The lowest BCUT2D eigenvalue weighted by atomic mass is 10.2. The van der Waals surface area contributed by atoms with Crippen molar-refractivity contribution in [1.29, 1.82) is 0 Å². The van der Waals surface area contributed by atoms with Crippen LogP contribution >= 0.6 is 11.6 Å². The van der Waals surface area contributed by atoms with E-state index < -0.39 is 10.0 Å². The zero-order chi connectivity index (χ0) is 21.0. The Morgan fingerprint density at radius 1 is 1.00 bits per heavy atom. The molecule has 0 bridgehead atoms. The van der Waals surface area contributed by atoms with Crippen LogP contribution in [0.25, 0.3) is 0 Å². The molecule has 2 aromatic carbocycles. The van der Waals surface area contributed by atoms with E-state index in [2.05, 4.69) is 4.90 Å². The number of hydrogen-bond donors (Lipinski definition) is 0. The van der Waals surface area contributed by atoms with Crippen LogP contribution in [0.2, 0.25) is 5.02 Å².